The van der Waals surface area contributed by atoms with Gasteiger partial charge in [-0.3, -0.25) is 14.5 Å². The van der Waals surface area contributed by atoms with Gasteiger partial charge in [0.1, 0.15) is 6.04 Å². The zero-order valence-corrected chi connectivity index (χ0v) is 13.0. The first-order chi connectivity index (χ1) is 10.1. The van der Waals surface area contributed by atoms with Crippen molar-refractivity contribution in [1.29, 1.82) is 0 Å². The van der Waals surface area contributed by atoms with Crippen LogP contribution in [-0.2, 0) is 28.8 Å². The zero-order valence-electron chi connectivity index (χ0n) is 13.0. The Morgan fingerprint density at radius 1 is 1.14 bits per heavy atom. The maximum Gasteiger partial charge on any atom is 0.323 e. The van der Waals surface area contributed by atoms with Gasteiger partial charge >= 0.3 is 11.9 Å². The molecule has 0 bridgehead atoms. The lowest BCUT2D eigenvalue weighted by Gasteiger charge is -2.28. The number of methoxy groups -OCH3 is 2. The van der Waals surface area contributed by atoms with Crippen LogP contribution < -0.4 is 5.73 Å². The Labute approximate surface area is 125 Å². The molecule has 0 radical (unpaired) electrons. The average molecular weight is 306 g/mol. The average Bonchev–Trinajstić information content (AvgIpc) is 2.50. The number of nitrogens with zero attached hydrogens (tertiary/aromatic N) is 1. The van der Waals surface area contributed by atoms with Crippen LogP contribution in [0, 0.1) is 0 Å². The molecule has 0 spiro atoms. The summed E-state index contributed by atoms with van der Waals surface area (Å²) in [6.07, 6.45) is 2.11. The van der Waals surface area contributed by atoms with Crippen LogP contribution in [0.1, 0.15) is 19.3 Å². The van der Waals surface area contributed by atoms with Crippen molar-refractivity contribution in [2.75, 3.05) is 47.6 Å². The van der Waals surface area contributed by atoms with E-state index in [-0.39, 0.29) is 13.2 Å². The number of unbranched alkanes of at least 4 members (excludes halogenated alkanes) is 1. The molecule has 0 aromatic heterocycles. The summed E-state index contributed by atoms with van der Waals surface area (Å²) in [7, 11) is 4.01. The topological polar surface area (TPSA) is 100 Å². The van der Waals surface area contributed by atoms with Crippen LogP contribution in [0.5, 0.6) is 0 Å². The fraction of sp³-hybridized carbons (Fsp3) is 0.846. The van der Waals surface area contributed by atoms with Gasteiger partial charge in [0.2, 0.25) is 0 Å². The molecule has 0 rings (SSSR count). The molecule has 0 heterocycles. The van der Waals surface area contributed by atoms with E-state index in [9.17, 15) is 9.59 Å². The molecule has 124 valence electrons. The molecule has 2 N–H and O–H groups in total. The molecule has 1 unspecified atom stereocenters. The van der Waals surface area contributed by atoms with Crippen LogP contribution in [0.2, 0.25) is 0 Å². The van der Waals surface area contributed by atoms with Gasteiger partial charge in [0.25, 0.3) is 0 Å². The summed E-state index contributed by atoms with van der Waals surface area (Å²) in [5, 5.41) is 0. The first-order valence-corrected chi connectivity index (χ1v) is 6.85. The van der Waals surface area contributed by atoms with Gasteiger partial charge in [-0.15, -0.1) is 0 Å². The van der Waals surface area contributed by atoms with E-state index in [0.717, 1.165) is 12.8 Å². The highest BCUT2D eigenvalue weighted by molar-refractivity contribution is 5.77. The number of ether oxygens (including phenoxy) is 2. The number of rotatable bonds is 12. The molecule has 0 aliphatic carbocycles. The van der Waals surface area contributed by atoms with Crippen LogP contribution >= 0.6 is 0 Å². The normalized spacial score (nSPS) is 12.2. The molecule has 0 aromatic carbocycles. The number of nitrogens with two attached hydrogens (primary N) is 1. The predicted octanol–water partition coefficient (Wildman–Crippen LogP) is -0.290. The third kappa shape index (κ3) is 8.61. The number of carbonyl (C=O) groups is 2. The fourth-order valence-corrected chi connectivity index (χ4v) is 1.88. The Morgan fingerprint density at radius 3 is 2.38 bits per heavy atom. The van der Waals surface area contributed by atoms with Crippen LogP contribution in [0.3, 0.4) is 0 Å². The molecule has 1 atom stereocenters. The molecule has 0 fully saturated rings. The Bertz CT molecular complexity index is 300. The highest BCUT2D eigenvalue weighted by atomic mass is 17.2. The lowest BCUT2D eigenvalue weighted by atomic mass is 10.1. The summed E-state index contributed by atoms with van der Waals surface area (Å²) in [6.45, 7) is 1.09. The van der Waals surface area contributed by atoms with Gasteiger partial charge < -0.3 is 15.2 Å². The molecular formula is C13H26N2O6. The van der Waals surface area contributed by atoms with Crippen LogP contribution in [0.25, 0.3) is 0 Å². The van der Waals surface area contributed by atoms with E-state index in [0.29, 0.717) is 19.5 Å². The van der Waals surface area contributed by atoms with Crippen molar-refractivity contribution in [3.8, 4) is 0 Å². The Balaban J connectivity index is 4.77. The molecule has 0 saturated heterocycles. The van der Waals surface area contributed by atoms with Crippen molar-refractivity contribution in [1.82, 2.24) is 4.90 Å². The largest absolute Gasteiger partial charge is 0.468 e. The minimum absolute atomic E-state index is 0.0219. The Morgan fingerprint density at radius 2 is 1.86 bits per heavy atom. The van der Waals surface area contributed by atoms with Crippen molar-refractivity contribution < 1.29 is 28.8 Å². The maximum atomic E-state index is 11.9. The van der Waals surface area contributed by atoms with Gasteiger partial charge in [0.05, 0.1) is 34.5 Å². The summed E-state index contributed by atoms with van der Waals surface area (Å²) in [5.74, 6) is -0.825. The summed E-state index contributed by atoms with van der Waals surface area (Å²) in [6, 6.07) is -0.541. The lowest BCUT2D eigenvalue weighted by molar-refractivity contribution is -0.274. The second-order valence-corrected chi connectivity index (χ2v) is 4.36. The van der Waals surface area contributed by atoms with Crippen molar-refractivity contribution >= 4 is 11.9 Å². The van der Waals surface area contributed by atoms with Crippen molar-refractivity contribution in [2.24, 2.45) is 5.73 Å². The van der Waals surface area contributed by atoms with Crippen LogP contribution in [-0.4, -0.2) is 70.5 Å². The Hall–Kier alpha value is -1.22. The Kier molecular flexibility index (Phi) is 11.8. The number of hydrogen-bond acceptors (Lipinski definition) is 8. The molecule has 8 heteroatoms. The molecule has 0 saturated carbocycles. The molecule has 0 aromatic rings. The fourth-order valence-electron chi connectivity index (χ4n) is 1.88. The van der Waals surface area contributed by atoms with E-state index in [1.54, 1.807) is 4.90 Å². The number of hydrogen-bond donors (Lipinski definition) is 1. The van der Waals surface area contributed by atoms with Gasteiger partial charge in [0, 0.05) is 6.54 Å². The van der Waals surface area contributed by atoms with E-state index in [4.69, 9.17) is 15.4 Å². The SMILES string of the molecule is COOCCN(CC(=O)OC)C(CCCCN)C(=O)OC. The third-order valence-corrected chi connectivity index (χ3v) is 2.99. The molecule has 0 aliphatic rings. The van der Waals surface area contributed by atoms with Crippen molar-refractivity contribution in [2.45, 2.75) is 25.3 Å². The summed E-state index contributed by atoms with van der Waals surface area (Å²) >= 11 is 0. The minimum Gasteiger partial charge on any atom is -0.468 e. The first kappa shape index (κ1) is 19.8. The van der Waals surface area contributed by atoms with E-state index in [2.05, 4.69) is 9.62 Å². The number of carbonyl (C=O) groups excluding carboxylic acids is 2. The van der Waals surface area contributed by atoms with Gasteiger partial charge in [-0.05, 0) is 19.4 Å². The van der Waals surface area contributed by atoms with E-state index in [1.807, 2.05) is 0 Å². The highest BCUT2D eigenvalue weighted by Gasteiger charge is 2.28. The lowest BCUT2D eigenvalue weighted by Crippen LogP contribution is -2.46. The van der Waals surface area contributed by atoms with Crippen molar-refractivity contribution in [3.05, 3.63) is 0 Å². The quantitative estimate of drug-likeness (QED) is 0.227. The molecule has 8 nitrogen and oxygen atoms in total. The van der Waals surface area contributed by atoms with Crippen LogP contribution in [0.15, 0.2) is 0 Å². The van der Waals surface area contributed by atoms with E-state index in [1.165, 1.54) is 21.3 Å². The zero-order chi connectivity index (χ0) is 16.1. The number of esters is 2. The predicted molar refractivity (Wildman–Crippen MR) is 75.3 cm³/mol. The molecule has 21 heavy (non-hydrogen) atoms. The van der Waals surface area contributed by atoms with Gasteiger partial charge in [-0.25, -0.2) is 9.78 Å². The van der Waals surface area contributed by atoms with Crippen molar-refractivity contribution in [3.63, 3.8) is 0 Å². The monoisotopic (exact) mass is 306 g/mol. The highest BCUT2D eigenvalue weighted by Crippen LogP contribution is 2.11. The summed E-state index contributed by atoms with van der Waals surface area (Å²) < 4.78 is 9.46. The molecule has 0 aliphatic heterocycles. The third-order valence-electron chi connectivity index (χ3n) is 2.99. The smallest absolute Gasteiger partial charge is 0.323 e. The maximum absolute atomic E-state index is 11.9. The second kappa shape index (κ2) is 12.5. The summed E-state index contributed by atoms with van der Waals surface area (Å²) in [5.41, 5.74) is 5.46. The van der Waals surface area contributed by atoms with Crippen LogP contribution in [0.4, 0.5) is 0 Å². The van der Waals surface area contributed by atoms with Gasteiger partial charge in [-0.1, -0.05) is 6.42 Å². The minimum atomic E-state index is -0.541. The second-order valence-electron chi connectivity index (χ2n) is 4.36. The van der Waals surface area contributed by atoms with Gasteiger partial charge in [-0.2, -0.15) is 0 Å². The van der Waals surface area contributed by atoms with Gasteiger partial charge in [0.15, 0.2) is 0 Å². The van der Waals surface area contributed by atoms with E-state index < -0.39 is 18.0 Å². The first-order valence-electron chi connectivity index (χ1n) is 6.85. The molecular weight excluding hydrogens is 280 g/mol. The molecule has 0 amide bonds. The summed E-state index contributed by atoms with van der Waals surface area (Å²) in [4.78, 5) is 34.4. The standard InChI is InChI=1S/C13H26N2O6/c1-18-12(16)10-15(8-9-21-20-3)11(13(17)19-2)6-4-5-7-14/h11H,4-10,14H2,1-3H3. The van der Waals surface area contributed by atoms with E-state index >= 15 is 0 Å².